The number of nitrogens with one attached hydrogen (secondary N) is 1. The topological polar surface area (TPSA) is 131 Å². The van der Waals surface area contributed by atoms with Gasteiger partial charge in [0.25, 0.3) is 0 Å². The third-order valence-electron chi connectivity index (χ3n) is 2.54. The molecule has 10 heteroatoms. The molecule has 4 N–H and O–H groups in total. The fourth-order valence-electron chi connectivity index (χ4n) is 1.72. The van der Waals surface area contributed by atoms with Crippen LogP contribution < -0.4 is 10.5 Å². The number of hydrogen-bond donors (Lipinski definition) is 3. The number of rotatable bonds is 5. The van der Waals surface area contributed by atoms with Gasteiger partial charge in [0.15, 0.2) is 0 Å². The number of sulfonamides is 1. The van der Waals surface area contributed by atoms with Crippen LogP contribution in [0.1, 0.15) is 13.3 Å². The molecule has 20 heavy (non-hydrogen) atoms. The first kappa shape index (κ1) is 14.6. The molecule has 108 valence electrons. The highest BCUT2D eigenvalue weighted by Gasteiger charge is 2.22. The van der Waals surface area contributed by atoms with Crippen molar-refractivity contribution >= 4 is 38.6 Å². The summed E-state index contributed by atoms with van der Waals surface area (Å²) in [6.07, 6.45) is 0.0982. The molecule has 2 rings (SSSR count). The molecule has 0 saturated heterocycles. The van der Waals surface area contributed by atoms with Gasteiger partial charge in [0, 0.05) is 12.5 Å². The van der Waals surface area contributed by atoms with Crippen LogP contribution in [0.25, 0.3) is 11.0 Å². The molecule has 0 aliphatic carbocycles. The van der Waals surface area contributed by atoms with Gasteiger partial charge in [-0.1, -0.05) is 11.2 Å². The van der Waals surface area contributed by atoms with E-state index >= 15 is 0 Å². The molecule has 1 atom stereocenters. The zero-order chi connectivity index (χ0) is 14.8. The Labute approximate surface area is 119 Å². The highest BCUT2D eigenvalue weighted by Crippen LogP contribution is 2.21. The second-order valence-corrected chi connectivity index (χ2v) is 6.42. The van der Waals surface area contributed by atoms with Crippen LogP contribution in [0.2, 0.25) is 0 Å². The molecule has 0 amide bonds. The predicted octanol–water partition coefficient (Wildman–Crippen LogP) is 0.495. The molecule has 0 bridgehead atoms. The van der Waals surface area contributed by atoms with Crippen LogP contribution >= 0.6 is 11.7 Å². The first-order valence-corrected chi connectivity index (χ1v) is 7.85. The Kier molecular flexibility index (Phi) is 4.16. The molecule has 2 aromatic rings. The molecule has 0 saturated carbocycles. The summed E-state index contributed by atoms with van der Waals surface area (Å²) in [5, 5.41) is 11.3. The van der Waals surface area contributed by atoms with E-state index in [1.807, 2.05) is 0 Å². The average Bonchev–Trinajstić information content (AvgIpc) is 2.85. The number of benzene rings is 1. The summed E-state index contributed by atoms with van der Waals surface area (Å²) < 4.78 is 35.1. The monoisotopic (exact) mass is 315 g/mol. The van der Waals surface area contributed by atoms with Crippen molar-refractivity contribution in [3.8, 4) is 0 Å². The van der Waals surface area contributed by atoms with Crippen LogP contribution in [-0.2, 0) is 10.0 Å². The van der Waals surface area contributed by atoms with E-state index in [1.54, 1.807) is 19.1 Å². The highest BCUT2D eigenvalue weighted by atomic mass is 32.2. The van der Waals surface area contributed by atoms with Gasteiger partial charge in [-0.15, -0.1) is 0 Å². The van der Waals surface area contributed by atoms with Crippen molar-refractivity contribution in [1.29, 1.82) is 0 Å². The van der Waals surface area contributed by atoms with Gasteiger partial charge in [-0.25, -0.2) is 13.1 Å². The molecular weight excluding hydrogens is 302 g/mol. The quantitative estimate of drug-likeness (QED) is 0.318. The summed E-state index contributed by atoms with van der Waals surface area (Å²) in [5.74, 6) is -0.0475. The first-order valence-electron chi connectivity index (χ1n) is 5.64. The summed E-state index contributed by atoms with van der Waals surface area (Å²) in [7, 11) is -3.75. The van der Waals surface area contributed by atoms with Crippen LogP contribution in [0.3, 0.4) is 0 Å². The molecule has 0 radical (unpaired) electrons. The van der Waals surface area contributed by atoms with Gasteiger partial charge in [-0.3, -0.25) is 0 Å². The SMILES string of the molecule is CC(CC(N)=NO)NS(=O)(=O)c1cccc2nsnc12. The van der Waals surface area contributed by atoms with Crippen LogP contribution in [-0.4, -0.2) is 34.2 Å². The fourth-order valence-corrected chi connectivity index (χ4v) is 3.73. The minimum atomic E-state index is -3.75. The van der Waals surface area contributed by atoms with E-state index in [9.17, 15) is 8.42 Å². The van der Waals surface area contributed by atoms with Gasteiger partial charge < -0.3 is 10.9 Å². The lowest BCUT2D eigenvalue weighted by atomic mass is 10.2. The number of nitrogens with two attached hydrogens (primary N) is 1. The fraction of sp³-hybridized carbons (Fsp3) is 0.300. The molecule has 0 fully saturated rings. The van der Waals surface area contributed by atoms with Crippen LogP contribution in [0.15, 0.2) is 28.3 Å². The van der Waals surface area contributed by atoms with E-state index in [-0.39, 0.29) is 17.2 Å². The van der Waals surface area contributed by atoms with Crippen molar-refractivity contribution in [2.24, 2.45) is 10.9 Å². The second kappa shape index (κ2) is 5.69. The minimum Gasteiger partial charge on any atom is -0.409 e. The molecule has 8 nitrogen and oxygen atoms in total. The average molecular weight is 315 g/mol. The lowest BCUT2D eigenvalue weighted by Gasteiger charge is -2.13. The largest absolute Gasteiger partial charge is 0.409 e. The summed E-state index contributed by atoms with van der Waals surface area (Å²) in [6, 6.07) is 4.24. The van der Waals surface area contributed by atoms with Crippen LogP contribution in [0.5, 0.6) is 0 Å². The number of aromatic nitrogens is 2. The molecule has 1 unspecified atom stereocenters. The van der Waals surface area contributed by atoms with Crippen molar-refractivity contribution in [3.63, 3.8) is 0 Å². The molecule has 0 aliphatic heterocycles. The van der Waals surface area contributed by atoms with E-state index in [0.717, 1.165) is 11.7 Å². The molecule has 1 heterocycles. The Balaban J connectivity index is 2.29. The normalized spacial score (nSPS) is 14.6. The van der Waals surface area contributed by atoms with Gasteiger partial charge in [-0.05, 0) is 19.1 Å². The van der Waals surface area contributed by atoms with Crippen molar-refractivity contribution < 1.29 is 13.6 Å². The van der Waals surface area contributed by atoms with Gasteiger partial charge in [0.1, 0.15) is 21.8 Å². The van der Waals surface area contributed by atoms with Crippen molar-refractivity contribution in [2.75, 3.05) is 0 Å². The smallest absolute Gasteiger partial charge is 0.243 e. The Bertz CT molecular complexity index is 740. The summed E-state index contributed by atoms with van der Waals surface area (Å²) in [6.45, 7) is 1.62. The highest BCUT2D eigenvalue weighted by molar-refractivity contribution is 7.89. The number of oxime groups is 1. The molecule has 0 spiro atoms. The Morgan fingerprint density at radius 2 is 2.30 bits per heavy atom. The maximum Gasteiger partial charge on any atom is 0.243 e. The van der Waals surface area contributed by atoms with Crippen LogP contribution in [0, 0.1) is 0 Å². The number of nitrogens with zero attached hydrogens (tertiary/aromatic N) is 3. The zero-order valence-corrected chi connectivity index (χ0v) is 12.1. The molecule has 0 aliphatic rings. The summed E-state index contributed by atoms with van der Waals surface area (Å²) in [5.41, 5.74) is 6.21. The van der Waals surface area contributed by atoms with Gasteiger partial charge >= 0.3 is 0 Å². The first-order chi connectivity index (χ1) is 9.44. The standard InChI is InChI=1S/C10H13N5O3S2/c1-6(5-9(11)12-16)15-20(17,18)8-4-2-3-7-10(8)14-19-13-7/h2-4,6,15-16H,5H2,1H3,(H2,11,12). The predicted molar refractivity (Wildman–Crippen MR) is 75.2 cm³/mol. The van der Waals surface area contributed by atoms with E-state index in [1.165, 1.54) is 6.07 Å². The van der Waals surface area contributed by atoms with Crippen molar-refractivity contribution in [2.45, 2.75) is 24.3 Å². The van der Waals surface area contributed by atoms with Crippen LogP contribution in [0.4, 0.5) is 0 Å². The van der Waals surface area contributed by atoms with Gasteiger partial charge in [0.05, 0.1) is 11.7 Å². The van der Waals surface area contributed by atoms with E-state index in [2.05, 4.69) is 18.6 Å². The van der Waals surface area contributed by atoms with E-state index in [0.29, 0.717) is 11.0 Å². The minimum absolute atomic E-state index is 0.0475. The maximum absolute atomic E-state index is 12.3. The number of amidine groups is 1. The maximum atomic E-state index is 12.3. The lowest BCUT2D eigenvalue weighted by Crippen LogP contribution is -2.35. The van der Waals surface area contributed by atoms with Gasteiger partial charge in [-0.2, -0.15) is 8.75 Å². The van der Waals surface area contributed by atoms with Crippen molar-refractivity contribution in [3.05, 3.63) is 18.2 Å². The number of hydrogen-bond acceptors (Lipinski definition) is 7. The van der Waals surface area contributed by atoms with E-state index < -0.39 is 16.1 Å². The Hall–Kier alpha value is -1.78. The molecule has 1 aromatic heterocycles. The number of fused-ring (bicyclic) bond motifs is 1. The van der Waals surface area contributed by atoms with E-state index in [4.69, 9.17) is 10.9 Å². The third kappa shape index (κ3) is 3.03. The van der Waals surface area contributed by atoms with Crippen molar-refractivity contribution in [1.82, 2.24) is 13.5 Å². The zero-order valence-electron chi connectivity index (χ0n) is 10.5. The third-order valence-corrected chi connectivity index (χ3v) is 4.70. The summed E-state index contributed by atoms with van der Waals surface area (Å²) >= 11 is 0.952. The molecule has 1 aromatic carbocycles. The lowest BCUT2D eigenvalue weighted by molar-refractivity contribution is 0.316. The molecular formula is C10H13N5O3S2. The van der Waals surface area contributed by atoms with Gasteiger partial charge in [0.2, 0.25) is 10.0 Å². The Morgan fingerprint density at radius 3 is 3.00 bits per heavy atom. The Morgan fingerprint density at radius 1 is 1.55 bits per heavy atom. The summed E-state index contributed by atoms with van der Waals surface area (Å²) in [4.78, 5) is 0.0649. The second-order valence-electron chi connectivity index (χ2n) is 4.21.